The maximum Gasteiger partial charge on any atom is 0.355 e. The highest BCUT2D eigenvalue weighted by Gasteiger charge is 2.26. The topological polar surface area (TPSA) is 109 Å². The summed E-state index contributed by atoms with van der Waals surface area (Å²) in [4.78, 5) is 24.1. The first-order chi connectivity index (χ1) is 14.7. The van der Waals surface area contributed by atoms with Crippen LogP contribution in [0.15, 0.2) is 53.1 Å². The first-order valence-electron chi connectivity index (χ1n) is 9.22. The SMILES string of the molecule is Cc1cnc(C(C)(O)C#Cc2cccc(-c3nc(C(=O)O)c4ccc(F)cc4n3)c2)o1. The van der Waals surface area contributed by atoms with E-state index >= 15 is 0 Å². The van der Waals surface area contributed by atoms with Gasteiger partial charge in [-0.25, -0.2) is 24.1 Å². The molecule has 0 aliphatic heterocycles. The van der Waals surface area contributed by atoms with Gasteiger partial charge >= 0.3 is 5.97 Å². The molecule has 0 saturated heterocycles. The summed E-state index contributed by atoms with van der Waals surface area (Å²) in [6, 6.07) is 10.4. The highest BCUT2D eigenvalue weighted by molar-refractivity contribution is 6.01. The van der Waals surface area contributed by atoms with Crippen molar-refractivity contribution in [2.75, 3.05) is 0 Å². The first-order valence-corrected chi connectivity index (χ1v) is 9.22. The Morgan fingerprint density at radius 2 is 2.00 bits per heavy atom. The van der Waals surface area contributed by atoms with Crippen molar-refractivity contribution >= 4 is 16.9 Å². The second-order valence-corrected chi connectivity index (χ2v) is 7.04. The minimum absolute atomic E-state index is 0.0830. The van der Waals surface area contributed by atoms with E-state index in [4.69, 9.17) is 4.42 Å². The number of rotatable bonds is 3. The Kier molecular flexibility index (Phi) is 4.97. The van der Waals surface area contributed by atoms with Gasteiger partial charge in [0.05, 0.1) is 11.7 Å². The molecule has 8 heteroatoms. The van der Waals surface area contributed by atoms with E-state index in [0.717, 1.165) is 12.1 Å². The van der Waals surface area contributed by atoms with Gasteiger partial charge < -0.3 is 14.6 Å². The van der Waals surface area contributed by atoms with Crippen LogP contribution in [0.3, 0.4) is 0 Å². The van der Waals surface area contributed by atoms with Gasteiger partial charge in [0.25, 0.3) is 0 Å². The Morgan fingerprint density at radius 1 is 1.19 bits per heavy atom. The molecule has 7 nitrogen and oxygen atoms in total. The van der Waals surface area contributed by atoms with Crippen molar-refractivity contribution in [3.63, 3.8) is 0 Å². The Hall–Kier alpha value is -4.09. The molecule has 0 aliphatic rings. The van der Waals surface area contributed by atoms with Gasteiger partial charge in [-0.3, -0.25) is 0 Å². The van der Waals surface area contributed by atoms with Crippen LogP contribution in [0.2, 0.25) is 0 Å². The molecule has 0 saturated carbocycles. The van der Waals surface area contributed by atoms with Crippen LogP contribution in [0.25, 0.3) is 22.3 Å². The number of carbonyl (C=O) groups is 1. The number of fused-ring (bicyclic) bond motifs is 1. The highest BCUT2D eigenvalue weighted by atomic mass is 19.1. The first kappa shape index (κ1) is 20.2. The maximum atomic E-state index is 13.7. The summed E-state index contributed by atoms with van der Waals surface area (Å²) in [6.45, 7) is 3.18. The average Bonchev–Trinajstić information content (AvgIpc) is 3.19. The number of aromatic nitrogens is 3. The molecule has 0 spiro atoms. The number of hydrogen-bond acceptors (Lipinski definition) is 6. The largest absolute Gasteiger partial charge is 0.476 e. The van der Waals surface area contributed by atoms with Gasteiger partial charge in [-0.1, -0.05) is 24.0 Å². The van der Waals surface area contributed by atoms with E-state index in [1.54, 1.807) is 31.2 Å². The fourth-order valence-corrected chi connectivity index (χ4v) is 2.96. The molecule has 2 N–H and O–H groups in total. The quantitative estimate of drug-likeness (QED) is 0.489. The van der Waals surface area contributed by atoms with Crippen LogP contribution in [0.4, 0.5) is 4.39 Å². The third-order valence-electron chi connectivity index (χ3n) is 4.47. The number of nitrogens with zero attached hydrogens (tertiary/aromatic N) is 3. The van der Waals surface area contributed by atoms with Crippen LogP contribution < -0.4 is 0 Å². The van der Waals surface area contributed by atoms with Gasteiger partial charge in [-0.05, 0) is 38.1 Å². The predicted molar refractivity (Wildman–Crippen MR) is 110 cm³/mol. The monoisotopic (exact) mass is 417 g/mol. The van der Waals surface area contributed by atoms with Gasteiger partial charge in [0, 0.05) is 22.6 Å². The van der Waals surface area contributed by atoms with Gasteiger partial charge in [-0.2, -0.15) is 0 Å². The molecule has 2 aromatic carbocycles. The molecule has 0 aliphatic carbocycles. The third-order valence-corrected chi connectivity index (χ3v) is 4.47. The zero-order valence-corrected chi connectivity index (χ0v) is 16.5. The molecule has 4 rings (SSSR count). The van der Waals surface area contributed by atoms with Gasteiger partial charge in [0.1, 0.15) is 11.6 Å². The summed E-state index contributed by atoms with van der Waals surface area (Å²) in [5.41, 5.74) is -0.620. The molecule has 0 radical (unpaired) electrons. The summed E-state index contributed by atoms with van der Waals surface area (Å²) in [6.07, 6.45) is 1.49. The second-order valence-electron chi connectivity index (χ2n) is 7.04. The third kappa shape index (κ3) is 4.13. The van der Waals surface area contributed by atoms with E-state index in [9.17, 15) is 19.4 Å². The molecule has 4 aromatic rings. The lowest BCUT2D eigenvalue weighted by molar-refractivity contribution is 0.0692. The number of hydrogen-bond donors (Lipinski definition) is 2. The lowest BCUT2D eigenvalue weighted by Gasteiger charge is -2.11. The zero-order valence-electron chi connectivity index (χ0n) is 16.5. The number of halogens is 1. The summed E-state index contributed by atoms with van der Waals surface area (Å²) in [5.74, 6) is 4.55. The normalized spacial score (nSPS) is 12.8. The number of benzene rings is 2. The Balaban J connectivity index is 1.76. The fourth-order valence-electron chi connectivity index (χ4n) is 2.96. The van der Waals surface area contributed by atoms with Crippen molar-refractivity contribution in [1.82, 2.24) is 15.0 Å². The average molecular weight is 417 g/mol. The van der Waals surface area contributed by atoms with E-state index in [2.05, 4.69) is 26.8 Å². The van der Waals surface area contributed by atoms with Crippen LogP contribution >= 0.6 is 0 Å². The number of oxazole rings is 1. The standard InChI is InChI=1S/C23H16FN3O4/c1-13-12-25-22(31-13)23(2,30)9-8-14-4-3-5-15(10-14)20-26-18-11-16(24)6-7-17(18)19(27-20)21(28)29/h3-7,10-12,30H,1-2H3,(H,28,29). The maximum absolute atomic E-state index is 13.7. The summed E-state index contributed by atoms with van der Waals surface area (Å²) in [5, 5.41) is 20.3. The molecule has 0 bridgehead atoms. The Labute approximate surface area is 176 Å². The van der Waals surface area contributed by atoms with E-state index in [0.29, 0.717) is 16.9 Å². The summed E-state index contributed by atoms with van der Waals surface area (Å²) in [7, 11) is 0. The molecular formula is C23H16FN3O4. The van der Waals surface area contributed by atoms with Crippen molar-refractivity contribution in [1.29, 1.82) is 0 Å². The number of carboxylic acids is 1. The molecule has 0 fully saturated rings. The molecule has 154 valence electrons. The van der Waals surface area contributed by atoms with Gasteiger partial charge in [-0.15, -0.1) is 0 Å². The van der Waals surface area contributed by atoms with Crippen molar-refractivity contribution in [3.8, 4) is 23.2 Å². The zero-order chi connectivity index (χ0) is 22.2. The molecule has 2 aromatic heterocycles. The summed E-state index contributed by atoms with van der Waals surface area (Å²) >= 11 is 0. The minimum atomic E-state index is -1.60. The Morgan fingerprint density at radius 3 is 2.71 bits per heavy atom. The van der Waals surface area contributed by atoms with Crippen molar-refractivity contribution in [2.45, 2.75) is 19.4 Å². The number of aryl methyl sites for hydroxylation is 1. The molecule has 1 atom stereocenters. The lowest BCUT2D eigenvalue weighted by Crippen LogP contribution is -2.18. The van der Waals surface area contributed by atoms with Crippen LogP contribution in [0, 0.1) is 24.6 Å². The van der Waals surface area contributed by atoms with E-state index in [-0.39, 0.29) is 28.3 Å². The second kappa shape index (κ2) is 7.63. The molecule has 31 heavy (non-hydrogen) atoms. The molecule has 1 unspecified atom stereocenters. The van der Waals surface area contributed by atoms with Crippen molar-refractivity contribution in [2.24, 2.45) is 0 Å². The smallest absolute Gasteiger partial charge is 0.355 e. The number of aromatic carboxylic acids is 1. The van der Waals surface area contributed by atoms with E-state index in [1.165, 1.54) is 19.2 Å². The summed E-state index contributed by atoms with van der Waals surface area (Å²) < 4.78 is 19.0. The fraction of sp³-hybridized carbons (Fsp3) is 0.130. The van der Waals surface area contributed by atoms with Crippen molar-refractivity contribution in [3.05, 3.63) is 77.4 Å². The van der Waals surface area contributed by atoms with Crippen LogP contribution in [-0.4, -0.2) is 31.1 Å². The van der Waals surface area contributed by atoms with Crippen LogP contribution in [-0.2, 0) is 5.60 Å². The number of carboxylic acid groups (broad SMARTS) is 1. The lowest BCUT2D eigenvalue weighted by atomic mass is 10.1. The molecule has 0 amide bonds. The predicted octanol–water partition coefficient (Wildman–Crippen LogP) is 3.69. The van der Waals surface area contributed by atoms with Crippen molar-refractivity contribution < 1.29 is 23.8 Å². The highest BCUT2D eigenvalue weighted by Crippen LogP contribution is 2.24. The van der Waals surface area contributed by atoms with E-state index < -0.39 is 17.4 Å². The molecular weight excluding hydrogens is 401 g/mol. The van der Waals surface area contributed by atoms with Crippen LogP contribution in [0.1, 0.15) is 34.6 Å². The number of aliphatic hydroxyl groups is 1. The minimum Gasteiger partial charge on any atom is -0.476 e. The van der Waals surface area contributed by atoms with E-state index in [1.807, 2.05) is 0 Å². The van der Waals surface area contributed by atoms with Crippen LogP contribution in [0.5, 0.6) is 0 Å². The van der Waals surface area contributed by atoms with Gasteiger partial charge in [0.2, 0.25) is 5.89 Å². The molecule has 2 heterocycles. The Bertz CT molecular complexity index is 1380. The van der Waals surface area contributed by atoms with Gasteiger partial charge in [0.15, 0.2) is 17.1 Å².